The fraction of sp³-hybridized carbons (Fsp3) is 0.562. The number of benzene rings is 1. The Balaban J connectivity index is 1.98. The van der Waals surface area contributed by atoms with Gasteiger partial charge in [0, 0.05) is 33.8 Å². The number of oxazole rings is 1. The number of ether oxygens (including phenoxy) is 1. The molecule has 0 amide bonds. The van der Waals surface area contributed by atoms with Crippen LogP contribution < -0.4 is 9.80 Å². The average molecular weight is 334 g/mol. The number of likely N-dealkylation sites (N-methyl/N-ethyl adjacent to an activating group) is 1. The van der Waals surface area contributed by atoms with Crippen LogP contribution in [-0.4, -0.2) is 50.3 Å². The molecule has 24 heavy (non-hydrogen) atoms. The molecular weight excluding hydrogens is 312 g/mol. The summed E-state index contributed by atoms with van der Waals surface area (Å²) in [6.07, 6.45) is 3.28. The summed E-state index contributed by atoms with van der Waals surface area (Å²) >= 11 is 0. The summed E-state index contributed by atoms with van der Waals surface area (Å²) in [6.45, 7) is 2.86. The van der Waals surface area contributed by atoms with Gasteiger partial charge in [-0.3, -0.25) is 10.1 Å². The Bertz CT molecular complexity index is 724. The Morgan fingerprint density at radius 3 is 2.79 bits per heavy atom. The lowest BCUT2D eigenvalue weighted by atomic mass is 10.1. The molecule has 1 aromatic carbocycles. The van der Waals surface area contributed by atoms with Crippen molar-refractivity contribution in [2.75, 3.05) is 50.2 Å². The fourth-order valence-corrected chi connectivity index (χ4v) is 2.96. The number of nitro groups is 1. The lowest BCUT2D eigenvalue weighted by Gasteiger charge is -2.28. The first-order chi connectivity index (χ1) is 11.6. The van der Waals surface area contributed by atoms with Gasteiger partial charge in [-0.1, -0.05) is 0 Å². The van der Waals surface area contributed by atoms with E-state index in [1.807, 2.05) is 11.9 Å². The molecule has 1 aromatic heterocycles. The van der Waals surface area contributed by atoms with Crippen LogP contribution in [0.1, 0.15) is 19.3 Å². The Labute approximate surface area is 140 Å². The van der Waals surface area contributed by atoms with Crippen LogP contribution in [0.25, 0.3) is 11.1 Å². The van der Waals surface area contributed by atoms with Crippen LogP contribution in [0.15, 0.2) is 16.5 Å². The molecule has 130 valence electrons. The zero-order chi connectivity index (χ0) is 17.1. The molecule has 8 nitrogen and oxygen atoms in total. The van der Waals surface area contributed by atoms with Gasteiger partial charge in [0.25, 0.3) is 11.7 Å². The van der Waals surface area contributed by atoms with Crippen molar-refractivity contribution >= 4 is 28.5 Å². The Hall–Kier alpha value is -2.35. The fourth-order valence-electron chi connectivity index (χ4n) is 2.96. The number of piperidine rings is 1. The zero-order valence-electron chi connectivity index (χ0n) is 14.0. The molecule has 2 heterocycles. The summed E-state index contributed by atoms with van der Waals surface area (Å²) in [7, 11) is 3.48. The number of fused-ring (bicyclic) bond motifs is 1. The summed E-state index contributed by atoms with van der Waals surface area (Å²) in [4.78, 5) is 19.5. The van der Waals surface area contributed by atoms with Gasteiger partial charge in [-0.05, 0) is 25.3 Å². The maximum absolute atomic E-state index is 11.5. The maximum atomic E-state index is 11.5. The van der Waals surface area contributed by atoms with Gasteiger partial charge >= 0.3 is 0 Å². The number of nitro benzene ring substituents is 1. The number of hydrogen-bond acceptors (Lipinski definition) is 7. The van der Waals surface area contributed by atoms with Gasteiger partial charge < -0.3 is 19.0 Å². The van der Waals surface area contributed by atoms with E-state index in [2.05, 4.69) is 9.88 Å². The molecule has 0 atom stereocenters. The maximum Gasteiger partial charge on any atom is 0.298 e. The molecule has 1 fully saturated rings. The Morgan fingerprint density at radius 2 is 2.12 bits per heavy atom. The van der Waals surface area contributed by atoms with Crippen molar-refractivity contribution in [3.8, 4) is 0 Å². The Morgan fingerprint density at radius 1 is 1.38 bits per heavy atom. The van der Waals surface area contributed by atoms with Crippen molar-refractivity contribution < 1.29 is 14.1 Å². The Kier molecular flexibility index (Phi) is 4.84. The van der Waals surface area contributed by atoms with Crippen LogP contribution in [0.3, 0.4) is 0 Å². The molecule has 0 unspecified atom stereocenters. The summed E-state index contributed by atoms with van der Waals surface area (Å²) < 4.78 is 10.7. The summed E-state index contributed by atoms with van der Waals surface area (Å²) in [6, 6.07) is 3.70. The van der Waals surface area contributed by atoms with Crippen molar-refractivity contribution in [1.82, 2.24) is 4.98 Å². The summed E-state index contributed by atoms with van der Waals surface area (Å²) in [5.41, 5.74) is 1.78. The van der Waals surface area contributed by atoms with Gasteiger partial charge in [0.2, 0.25) is 0 Å². The van der Waals surface area contributed by atoms with Crippen molar-refractivity contribution in [2.24, 2.45) is 0 Å². The molecule has 0 aliphatic carbocycles. The number of anilines is 2. The van der Waals surface area contributed by atoms with Gasteiger partial charge in [-0.2, -0.15) is 4.98 Å². The van der Waals surface area contributed by atoms with E-state index in [1.54, 1.807) is 13.2 Å². The van der Waals surface area contributed by atoms with E-state index in [0.29, 0.717) is 36.0 Å². The van der Waals surface area contributed by atoms with Crippen LogP contribution in [-0.2, 0) is 4.74 Å². The molecular formula is C16H22N4O4. The molecule has 0 radical (unpaired) electrons. The summed E-state index contributed by atoms with van der Waals surface area (Å²) in [5, 5.41) is 11.5. The largest absolute Gasteiger partial charge is 0.423 e. The van der Waals surface area contributed by atoms with Crippen molar-refractivity contribution in [3.63, 3.8) is 0 Å². The highest BCUT2D eigenvalue weighted by atomic mass is 16.6. The topological polar surface area (TPSA) is 84.9 Å². The van der Waals surface area contributed by atoms with Crippen molar-refractivity contribution in [2.45, 2.75) is 19.3 Å². The molecule has 3 rings (SSSR count). The SMILES string of the molecule is COCCN(C)c1nc2cc(N3CCCCC3)c([N+](=O)[O-])cc2o1. The summed E-state index contributed by atoms with van der Waals surface area (Å²) in [5.74, 6) is 0. The minimum Gasteiger partial charge on any atom is -0.423 e. The number of hydrogen-bond donors (Lipinski definition) is 0. The normalized spacial score (nSPS) is 15.0. The number of methoxy groups -OCH3 is 1. The minimum absolute atomic E-state index is 0.0756. The highest BCUT2D eigenvalue weighted by molar-refractivity contribution is 5.85. The molecule has 8 heteroatoms. The molecule has 0 spiro atoms. The number of rotatable bonds is 6. The van der Waals surface area contributed by atoms with Crippen LogP contribution in [0, 0.1) is 10.1 Å². The smallest absolute Gasteiger partial charge is 0.298 e. The highest BCUT2D eigenvalue weighted by Gasteiger charge is 2.24. The predicted molar refractivity (Wildman–Crippen MR) is 91.9 cm³/mol. The van der Waals surface area contributed by atoms with Gasteiger partial charge in [-0.15, -0.1) is 0 Å². The second-order valence-corrected chi connectivity index (χ2v) is 6.02. The van der Waals surface area contributed by atoms with Gasteiger partial charge in [0.15, 0.2) is 5.58 Å². The van der Waals surface area contributed by atoms with E-state index in [-0.39, 0.29) is 10.6 Å². The van der Waals surface area contributed by atoms with E-state index < -0.39 is 0 Å². The average Bonchev–Trinajstić information content (AvgIpc) is 3.02. The second-order valence-electron chi connectivity index (χ2n) is 6.02. The first-order valence-electron chi connectivity index (χ1n) is 8.14. The van der Waals surface area contributed by atoms with Gasteiger partial charge in [0.1, 0.15) is 11.2 Å². The molecule has 1 aliphatic rings. The van der Waals surface area contributed by atoms with E-state index in [4.69, 9.17) is 9.15 Å². The van der Waals surface area contributed by atoms with Crippen LogP contribution in [0.5, 0.6) is 0 Å². The van der Waals surface area contributed by atoms with E-state index >= 15 is 0 Å². The molecule has 1 aliphatic heterocycles. The third-order valence-corrected chi connectivity index (χ3v) is 4.32. The monoisotopic (exact) mass is 334 g/mol. The van der Waals surface area contributed by atoms with Crippen LogP contribution in [0.2, 0.25) is 0 Å². The zero-order valence-corrected chi connectivity index (χ0v) is 14.0. The van der Waals surface area contributed by atoms with E-state index in [9.17, 15) is 10.1 Å². The molecule has 0 bridgehead atoms. The minimum atomic E-state index is -0.347. The van der Waals surface area contributed by atoms with Gasteiger partial charge in [-0.25, -0.2) is 0 Å². The first kappa shape index (κ1) is 16.5. The lowest BCUT2D eigenvalue weighted by Crippen LogP contribution is -2.29. The quantitative estimate of drug-likeness (QED) is 0.593. The molecule has 0 saturated carbocycles. The second kappa shape index (κ2) is 7.04. The van der Waals surface area contributed by atoms with E-state index in [1.165, 1.54) is 12.5 Å². The lowest BCUT2D eigenvalue weighted by molar-refractivity contribution is -0.384. The van der Waals surface area contributed by atoms with Crippen molar-refractivity contribution in [1.29, 1.82) is 0 Å². The third kappa shape index (κ3) is 3.28. The van der Waals surface area contributed by atoms with Crippen LogP contribution >= 0.6 is 0 Å². The number of aromatic nitrogens is 1. The predicted octanol–water partition coefficient (Wildman–Crippen LogP) is 2.81. The molecule has 0 N–H and O–H groups in total. The van der Waals surface area contributed by atoms with Gasteiger partial charge in [0.05, 0.1) is 17.6 Å². The number of nitrogens with zero attached hydrogens (tertiary/aromatic N) is 4. The standard InChI is InChI=1S/C16H22N4O4/c1-18(8-9-23-2)16-17-12-10-13(19-6-4-3-5-7-19)14(20(21)22)11-15(12)24-16/h10-11H,3-9H2,1-2H3. The first-order valence-corrected chi connectivity index (χ1v) is 8.14. The van der Waals surface area contributed by atoms with Crippen molar-refractivity contribution in [3.05, 3.63) is 22.2 Å². The molecule has 1 saturated heterocycles. The third-order valence-electron chi connectivity index (χ3n) is 4.32. The van der Waals surface area contributed by atoms with Crippen LogP contribution in [0.4, 0.5) is 17.4 Å². The van der Waals surface area contributed by atoms with E-state index in [0.717, 1.165) is 25.9 Å². The highest BCUT2D eigenvalue weighted by Crippen LogP contribution is 2.35. The molecule has 2 aromatic rings.